The van der Waals surface area contributed by atoms with E-state index < -0.39 is 11.6 Å². The van der Waals surface area contributed by atoms with Crippen LogP contribution in [0.4, 0.5) is 8.78 Å². The largest absolute Gasteiger partial charge is 0.488 e. The van der Waals surface area contributed by atoms with Crippen molar-refractivity contribution < 1.29 is 22.7 Å². The fraction of sp³-hybridized carbons (Fsp3) is 0.353. The first kappa shape index (κ1) is 15.5. The Morgan fingerprint density at radius 3 is 2.96 bits per heavy atom. The van der Waals surface area contributed by atoms with Gasteiger partial charge >= 0.3 is 0 Å². The van der Waals surface area contributed by atoms with E-state index in [4.69, 9.17) is 9.15 Å². The van der Waals surface area contributed by atoms with Crippen molar-refractivity contribution in [2.75, 3.05) is 6.61 Å². The smallest absolute Gasteiger partial charge is 0.224 e. The lowest BCUT2D eigenvalue weighted by Crippen LogP contribution is -2.38. The van der Waals surface area contributed by atoms with Crippen LogP contribution in [0.1, 0.15) is 25.0 Å². The van der Waals surface area contributed by atoms with Crippen molar-refractivity contribution in [1.82, 2.24) is 5.32 Å². The van der Waals surface area contributed by atoms with Crippen LogP contribution >= 0.6 is 0 Å². The van der Waals surface area contributed by atoms with Gasteiger partial charge in [-0.3, -0.25) is 4.79 Å². The standard InChI is InChI=1S/C17H17F2NO3/c1-10(9-23-16-5-4-11(18)7-14(16)19)20-17(21)13-8-12(13)15-3-2-6-22-15/h2-7,10,12-13H,8-9H2,1H3,(H,20,21). The van der Waals surface area contributed by atoms with Gasteiger partial charge in [0.1, 0.15) is 18.2 Å². The monoisotopic (exact) mass is 321 g/mol. The number of halogens is 2. The van der Waals surface area contributed by atoms with Crippen LogP contribution in [0.15, 0.2) is 41.0 Å². The first-order valence-electron chi connectivity index (χ1n) is 7.46. The third-order valence-electron chi connectivity index (χ3n) is 3.81. The SMILES string of the molecule is CC(COc1ccc(F)cc1F)NC(=O)C1CC1c1ccco1. The molecule has 3 rings (SSSR count). The van der Waals surface area contributed by atoms with Crippen molar-refractivity contribution in [1.29, 1.82) is 0 Å². The average Bonchev–Trinajstić information content (AvgIpc) is 3.12. The van der Waals surface area contributed by atoms with E-state index in [0.29, 0.717) is 0 Å². The lowest BCUT2D eigenvalue weighted by atomic mass is 10.2. The summed E-state index contributed by atoms with van der Waals surface area (Å²) in [6, 6.07) is 6.49. The van der Waals surface area contributed by atoms with Gasteiger partial charge in [0.25, 0.3) is 0 Å². The number of nitrogens with one attached hydrogen (secondary N) is 1. The molecule has 3 unspecified atom stereocenters. The topological polar surface area (TPSA) is 51.5 Å². The fourth-order valence-corrected chi connectivity index (χ4v) is 2.50. The lowest BCUT2D eigenvalue weighted by Gasteiger charge is -2.15. The summed E-state index contributed by atoms with van der Waals surface area (Å²) in [4.78, 5) is 12.1. The Balaban J connectivity index is 1.46. The molecule has 0 bridgehead atoms. The van der Waals surface area contributed by atoms with Gasteiger partial charge in [0.15, 0.2) is 11.6 Å². The van der Waals surface area contributed by atoms with Gasteiger partial charge in [-0.25, -0.2) is 8.78 Å². The third kappa shape index (κ3) is 3.70. The van der Waals surface area contributed by atoms with E-state index in [9.17, 15) is 13.6 Å². The van der Waals surface area contributed by atoms with Gasteiger partial charge < -0.3 is 14.5 Å². The van der Waals surface area contributed by atoms with Crippen LogP contribution in [0.3, 0.4) is 0 Å². The molecular formula is C17H17F2NO3. The molecule has 1 amide bonds. The van der Waals surface area contributed by atoms with Crippen molar-refractivity contribution >= 4 is 5.91 Å². The van der Waals surface area contributed by atoms with Gasteiger partial charge in [-0.2, -0.15) is 0 Å². The van der Waals surface area contributed by atoms with Gasteiger partial charge in [0.2, 0.25) is 5.91 Å². The summed E-state index contributed by atoms with van der Waals surface area (Å²) in [5, 5.41) is 2.83. The quantitative estimate of drug-likeness (QED) is 0.888. The Morgan fingerprint density at radius 1 is 1.43 bits per heavy atom. The van der Waals surface area contributed by atoms with E-state index in [1.807, 2.05) is 6.07 Å². The van der Waals surface area contributed by atoms with Gasteiger partial charge in [0.05, 0.1) is 12.3 Å². The number of hydrogen-bond acceptors (Lipinski definition) is 3. The van der Waals surface area contributed by atoms with Gasteiger partial charge in [0, 0.05) is 17.9 Å². The van der Waals surface area contributed by atoms with Gasteiger partial charge in [-0.15, -0.1) is 0 Å². The Labute approximate surface area is 132 Å². The predicted molar refractivity (Wildman–Crippen MR) is 79.0 cm³/mol. The lowest BCUT2D eigenvalue weighted by molar-refractivity contribution is -0.123. The maximum atomic E-state index is 13.4. The Bertz CT molecular complexity index is 687. The van der Waals surface area contributed by atoms with Crippen LogP contribution in [0.25, 0.3) is 0 Å². The number of hydrogen-bond donors (Lipinski definition) is 1. The zero-order valence-corrected chi connectivity index (χ0v) is 12.6. The van der Waals surface area contributed by atoms with E-state index in [1.54, 1.807) is 19.3 Å². The van der Waals surface area contributed by atoms with Gasteiger partial charge in [-0.1, -0.05) is 0 Å². The van der Waals surface area contributed by atoms with Crippen LogP contribution in [0.2, 0.25) is 0 Å². The maximum absolute atomic E-state index is 13.4. The van der Waals surface area contributed by atoms with Crippen LogP contribution in [0, 0.1) is 17.6 Å². The van der Waals surface area contributed by atoms with Crippen molar-refractivity contribution in [3.63, 3.8) is 0 Å². The highest BCUT2D eigenvalue weighted by atomic mass is 19.1. The molecule has 3 atom stereocenters. The van der Waals surface area contributed by atoms with Crippen LogP contribution < -0.4 is 10.1 Å². The first-order chi connectivity index (χ1) is 11.0. The summed E-state index contributed by atoms with van der Waals surface area (Å²) in [5.41, 5.74) is 0. The van der Waals surface area contributed by atoms with E-state index in [0.717, 1.165) is 24.3 Å². The molecule has 2 aromatic rings. The van der Waals surface area contributed by atoms with Crippen LogP contribution in [0.5, 0.6) is 5.75 Å². The van der Waals surface area contributed by atoms with Crippen molar-refractivity contribution in [2.45, 2.75) is 25.3 Å². The second-order valence-electron chi connectivity index (χ2n) is 5.76. The number of benzene rings is 1. The molecule has 0 saturated heterocycles. The highest BCUT2D eigenvalue weighted by Gasteiger charge is 2.46. The Hall–Kier alpha value is -2.37. The Morgan fingerprint density at radius 2 is 2.26 bits per heavy atom. The predicted octanol–water partition coefficient (Wildman–Crippen LogP) is 3.25. The molecule has 0 spiro atoms. The van der Waals surface area contributed by atoms with Crippen molar-refractivity contribution in [3.8, 4) is 5.75 Å². The fourth-order valence-electron chi connectivity index (χ4n) is 2.50. The molecule has 122 valence electrons. The molecule has 23 heavy (non-hydrogen) atoms. The molecule has 1 aromatic heterocycles. The second-order valence-corrected chi connectivity index (χ2v) is 5.76. The van der Waals surface area contributed by atoms with Gasteiger partial charge in [-0.05, 0) is 37.6 Å². The third-order valence-corrected chi connectivity index (χ3v) is 3.81. The second kappa shape index (κ2) is 6.40. The first-order valence-corrected chi connectivity index (χ1v) is 7.46. The molecule has 1 aliphatic rings. The molecule has 1 aromatic carbocycles. The number of carbonyl (C=O) groups is 1. The number of carbonyl (C=O) groups excluding carboxylic acids is 1. The normalized spacial score (nSPS) is 20.8. The van der Waals surface area contributed by atoms with E-state index in [2.05, 4.69) is 5.32 Å². The zero-order chi connectivity index (χ0) is 16.4. The molecular weight excluding hydrogens is 304 g/mol. The number of amides is 1. The number of ether oxygens (including phenoxy) is 1. The van der Waals surface area contributed by atoms with Crippen molar-refractivity contribution in [2.24, 2.45) is 5.92 Å². The average molecular weight is 321 g/mol. The minimum atomic E-state index is -0.761. The summed E-state index contributed by atoms with van der Waals surface area (Å²) >= 11 is 0. The summed E-state index contributed by atoms with van der Waals surface area (Å²) in [6.45, 7) is 1.87. The molecule has 1 saturated carbocycles. The minimum Gasteiger partial charge on any atom is -0.488 e. The van der Waals surface area contributed by atoms with E-state index >= 15 is 0 Å². The number of furan rings is 1. The van der Waals surface area contributed by atoms with Crippen LogP contribution in [-0.4, -0.2) is 18.6 Å². The van der Waals surface area contributed by atoms with Crippen LogP contribution in [-0.2, 0) is 4.79 Å². The molecule has 0 aliphatic heterocycles. The summed E-state index contributed by atoms with van der Waals surface area (Å²) < 4.78 is 36.8. The maximum Gasteiger partial charge on any atom is 0.224 e. The molecule has 1 N–H and O–H groups in total. The zero-order valence-electron chi connectivity index (χ0n) is 12.6. The molecule has 6 heteroatoms. The molecule has 0 radical (unpaired) electrons. The summed E-state index contributed by atoms with van der Waals surface area (Å²) in [6.07, 6.45) is 2.36. The highest BCUT2D eigenvalue weighted by molar-refractivity contribution is 5.82. The number of rotatable bonds is 6. The van der Waals surface area contributed by atoms with Crippen molar-refractivity contribution in [3.05, 3.63) is 54.0 Å². The summed E-state index contributed by atoms with van der Waals surface area (Å²) in [5.74, 6) is -0.659. The highest BCUT2D eigenvalue weighted by Crippen LogP contribution is 2.47. The minimum absolute atomic E-state index is 0.0348. The molecule has 1 heterocycles. The molecule has 1 fully saturated rings. The van der Waals surface area contributed by atoms with E-state index in [-0.39, 0.29) is 36.1 Å². The molecule has 4 nitrogen and oxygen atoms in total. The summed E-state index contributed by atoms with van der Waals surface area (Å²) in [7, 11) is 0. The van der Waals surface area contributed by atoms with E-state index in [1.165, 1.54) is 6.07 Å². The molecule has 1 aliphatic carbocycles. The Kier molecular flexibility index (Phi) is 4.32.